The van der Waals surface area contributed by atoms with Crippen LogP contribution in [0.4, 0.5) is 0 Å². The van der Waals surface area contributed by atoms with Crippen LogP contribution in [0.1, 0.15) is 25.0 Å². The smallest absolute Gasteiger partial charge is 0.217 e. The fraction of sp³-hybridized carbons (Fsp3) is 0.417. The summed E-state index contributed by atoms with van der Waals surface area (Å²) >= 11 is 0. The van der Waals surface area contributed by atoms with E-state index in [1.165, 1.54) is 11.1 Å². The first-order chi connectivity index (χ1) is 6.58. The van der Waals surface area contributed by atoms with Crippen LogP contribution in [0.5, 0.6) is 0 Å². The van der Waals surface area contributed by atoms with Crippen molar-refractivity contribution < 1.29 is 4.79 Å². The quantitative estimate of drug-likeness (QED) is 0.778. The van der Waals surface area contributed by atoms with Gasteiger partial charge in [0.15, 0.2) is 0 Å². The number of hydrogen-bond acceptors (Lipinski definition) is 1. The Hall–Kier alpha value is -1.31. The van der Waals surface area contributed by atoms with E-state index in [1.807, 2.05) is 6.92 Å². The Morgan fingerprint density at radius 1 is 1.36 bits per heavy atom. The highest BCUT2D eigenvalue weighted by Crippen LogP contribution is 2.05. The molecular formula is C12H17NO. The van der Waals surface area contributed by atoms with Crippen LogP contribution in [0.2, 0.25) is 0 Å². The molecule has 2 nitrogen and oxygen atoms in total. The lowest BCUT2D eigenvalue weighted by Crippen LogP contribution is -2.31. The van der Waals surface area contributed by atoms with Crippen LogP contribution in [0, 0.1) is 6.92 Å². The summed E-state index contributed by atoms with van der Waals surface area (Å²) in [5.74, 6) is 0.0320. The van der Waals surface area contributed by atoms with Crippen molar-refractivity contribution in [3.8, 4) is 0 Å². The topological polar surface area (TPSA) is 29.1 Å². The summed E-state index contributed by atoms with van der Waals surface area (Å²) in [5, 5.41) is 2.87. The van der Waals surface area contributed by atoms with Gasteiger partial charge in [-0.15, -0.1) is 0 Å². The van der Waals surface area contributed by atoms with Crippen molar-refractivity contribution in [3.63, 3.8) is 0 Å². The predicted molar refractivity (Wildman–Crippen MR) is 58.2 cm³/mol. The second-order valence-corrected chi connectivity index (χ2v) is 3.79. The zero-order valence-electron chi connectivity index (χ0n) is 9.00. The van der Waals surface area contributed by atoms with E-state index in [0.717, 1.165) is 6.42 Å². The molecule has 1 aromatic rings. The summed E-state index contributed by atoms with van der Waals surface area (Å²) in [5.41, 5.74) is 2.53. The van der Waals surface area contributed by atoms with Crippen molar-refractivity contribution in [2.45, 2.75) is 33.2 Å². The molecule has 1 atom stereocenters. The third-order valence-electron chi connectivity index (χ3n) is 2.11. The molecule has 0 spiro atoms. The Bertz CT molecular complexity index is 303. The summed E-state index contributed by atoms with van der Waals surface area (Å²) < 4.78 is 0. The molecule has 0 aliphatic rings. The maximum absolute atomic E-state index is 10.8. The summed E-state index contributed by atoms with van der Waals surface area (Å²) in [6.45, 7) is 5.63. The number of hydrogen-bond donors (Lipinski definition) is 1. The Morgan fingerprint density at radius 3 is 2.43 bits per heavy atom. The second kappa shape index (κ2) is 4.80. The number of amides is 1. The largest absolute Gasteiger partial charge is 0.354 e. The minimum Gasteiger partial charge on any atom is -0.354 e. The lowest BCUT2D eigenvalue weighted by molar-refractivity contribution is -0.119. The Kier molecular flexibility index (Phi) is 3.69. The van der Waals surface area contributed by atoms with Gasteiger partial charge in [0.1, 0.15) is 0 Å². The van der Waals surface area contributed by atoms with Gasteiger partial charge in [-0.1, -0.05) is 29.8 Å². The molecule has 0 unspecified atom stereocenters. The molecule has 2 heteroatoms. The van der Waals surface area contributed by atoms with Gasteiger partial charge in [-0.05, 0) is 25.8 Å². The van der Waals surface area contributed by atoms with E-state index in [2.05, 4.69) is 36.5 Å². The van der Waals surface area contributed by atoms with E-state index in [0.29, 0.717) is 0 Å². The molecule has 0 fully saturated rings. The van der Waals surface area contributed by atoms with Crippen LogP contribution >= 0.6 is 0 Å². The number of carbonyl (C=O) groups is 1. The molecule has 0 aliphatic carbocycles. The maximum Gasteiger partial charge on any atom is 0.217 e. The lowest BCUT2D eigenvalue weighted by atomic mass is 10.1. The third-order valence-corrected chi connectivity index (χ3v) is 2.11. The number of nitrogens with one attached hydrogen (secondary N) is 1. The van der Waals surface area contributed by atoms with Crippen molar-refractivity contribution in [2.24, 2.45) is 0 Å². The van der Waals surface area contributed by atoms with Gasteiger partial charge in [-0.2, -0.15) is 0 Å². The standard InChI is InChI=1S/C12H17NO/c1-9-4-6-12(7-5-9)8-10(2)13-11(3)14/h4-7,10H,8H2,1-3H3,(H,13,14)/t10-/m0/s1. The molecule has 0 saturated heterocycles. The second-order valence-electron chi connectivity index (χ2n) is 3.79. The lowest BCUT2D eigenvalue weighted by Gasteiger charge is -2.12. The van der Waals surface area contributed by atoms with E-state index < -0.39 is 0 Å². The minimum atomic E-state index is 0.0320. The van der Waals surface area contributed by atoms with Crippen LogP contribution in [0.15, 0.2) is 24.3 Å². The molecule has 0 aliphatic heterocycles. The highest BCUT2D eigenvalue weighted by molar-refractivity contribution is 5.73. The maximum atomic E-state index is 10.8. The Morgan fingerprint density at radius 2 is 1.93 bits per heavy atom. The Labute approximate surface area is 85.3 Å². The van der Waals surface area contributed by atoms with Crippen molar-refractivity contribution in [2.75, 3.05) is 0 Å². The molecule has 0 radical (unpaired) electrons. The molecular weight excluding hydrogens is 174 g/mol. The molecule has 0 bridgehead atoms. The summed E-state index contributed by atoms with van der Waals surface area (Å²) in [6.07, 6.45) is 0.889. The van der Waals surface area contributed by atoms with Gasteiger partial charge in [0.2, 0.25) is 5.91 Å². The molecule has 1 aromatic carbocycles. The van der Waals surface area contributed by atoms with Crippen molar-refractivity contribution in [3.05, 3.63) is 35.4 Å². The van der Waals surface area contributed by atoms with Gasteiger partial charge in [-0.25, -0.2) is 0 Å². The Balaban J connectivity index is 2.51. The van der Waals surface area contributed by atoms with Gasteiger partial charge in [0.05, 0.1) is 0 Å². The normalized spacial score (nSPS) is 12.2. The third kappa shape index (κ3) is 3.60. The van der Waals surface area contributed by atoms with E-state index in [9.17, 15) is 4.79 Å². The first kappa shape index (κ1) is 10.8. The molecule has 1 amide bonds. The van der Waals surface area contributed by atoms with Crippen LogP contribution in [0.3, 0.4) is 0 Å². The molecule has 0 aromatic heterocycles. The summed E-state index contributed by atoms with van der Waals surface area (Å²) in [4.78, 5) is 10.8. The zero-order chi connectivity index (χ0) is 10.6. The average Bonchev–Trinajstić information content (AvgIpc) is 2.07. The fourth-order valence-corrected chi connectivity index (χ4v) is 1.48. The van der Waals surface area contributed by atoms with Gasteiger partial charge < -0.3 is 5.32 Å². The average molecular weight is 191 g/mol. The van der Waals surface area contributed by atoms with Gasteiger partial charge in [-0.3, -0.25) is 4.79 Å². The SMILES string of the molecule is CC(=O)N[C@@H](C)Cc1ccc(C)cc1. The highest BCUT2D eigenvalue weighted by atomic mass is 16.1. The zero-order valence-corrected chi connectivity index (χ0v) is 9.00. The van der Waals surface area contributed by atoms with Crippen molar-refractivity contribution in [1.29, 1.82) is 0 Å². The van der Waals surface area contributed by atoms with E-state index in [-0.39, 0.29) is 11.9 Å². The molecule has 0 saturated carbocycles. The first-order valence-electron chi connectivity index (χ1n) is 4.90. The number of rotatable bonds is 3. The van der Waals surface area contributed by atoms with E-state index in [1.54, 1.807) is 6.92 Å². The van der Waals surface area contributed by atoms with Crippen LogP contribution < -0.4 is 5.32 Å². The van der Waals surface area contributed by atoms with Crippen LogP contribution in [-0.4, -0.2) is 11.9 Å². The van der Waals surface area contributed by atoms with Crippen molar-refractivity contribution >= 4 is 5.91 Å². The van der Waals surface area contributed by atoms with Gasteiger partial charge in [0.25, 0.3) is 0 Å². The van der Waals surface area contributed by atoms with E-state index >= 15 is 0 Å². The first-order valence-corrected chi connectivity index (χ1v) is 4.90. The number of benzene rings is 1. The number of aryl methyl sites for hydroxylation is 1. The summed E-state index contributed by atoms with van der Waals surface area (Å²) in [7, 11) is 0. The molecule has 1 rings (SSSR count). The van der Waals surface area contributed by atoms with Gasteiger partial charge >= 0.3 is 0 Å². The minimum absolute atomic E-state index is 0.0320. The molecule has 1 N–H and O–H groups in total. The van der Waals surface area contributed by atoms with Crippen molar-refractivity contribution in [1.82, 2.24) is 5.32 Å². The monoisotopic (exact) mass is 191 g/mol. The summed E-state index contributed by atoms with van der Waals surface area (Å²) in [6, 6.07) is 8.60. The van der Waals surface area contributed by atoms with Gasteiger partial charge in [0, 0.05) is 13.0 Å². The fourth-order valence-electron chi connectivity index (χ4n) is 1.48. The van der Waals surface area contributed by atoms with Crippen LogP contribution in [0.25, 0.3) is 0 Å². The molecule has 0 heterocycles. The predicted octanol–water partition coefficient (Wildman–Crippen LogP) is 2.06. The van der Waals surface area contributed by atoms with E-state index in [4.69, 9.17) is 0 Å². The molecule has 76 valence electrons. The number of carbonyl (C=O) groups excluding carboxylic acids is 1. The molecule has 14 heavy (non-hydrogen) atoms. The highest BCUT2D eigenvalue weighted by Gasteiger charge is 2.03. The van der Waals surface area contributed by atoms with Crippen LogP contribution in [-0.2, 0) is 11.2 Å².